The third kappa shape index (κ3) is 3.90. The highest BCUT2D eigenvalue weighted by molar-refractivity contribution is 6.00. The molecule has 148 valence electrons. The number of aromatic nitrogens is 2. The summed E-state index contributed by atoms with van der Waals surface area (Å²) in [5, 5.41) is 25.0. The van der Waals surface area contributed by atoms with E-state index in [0.717, 1.165) is 36.1 Å². The average molecular weight is 386 g/mol. The summed E-state index contributed by atoms with van der Waals surface area (Å²) in [5.41, 5.74) is 1.91. The SMILES string of the molecule is C#Cc1ccc(-c2nnc(N[C@@H]3CCCN(C(C)C)C3)c3ccccc23)c(O)c1. The maximum atomic E-state index is 10.5. The maximum Gasteiger partial charge on any atom is 0.156 e. The Hall–Kier alpha value is -3.10. The zero-order valence-corrected chi connectivity index (χ0v) is 16.9. The van der Waals surface area contributed by atoms with Crippen molar-refractivity contribution in [2.45, 2.75) is 38.8 Å². The number of phenolic OH excluding ortho intramolecular Hbond substituents is 1. The standard InChI is InChI=1S/C24H26N4O/c1-4-17-11-12-21(22(29)14-17)23-19-9-5-6-10-20(19)24(27-26-23)25-18-8-7-13-28(15-18)16(2)3/h1,5-6,9-12,14,16,18,29H,7-8,13,15H2,2-3H3,(H,25,27)/t18-/m1/s1. The molecular weight excluding hydrogens is 360 g/mol. The molecule has 1 saturated heterocycles. The first-order valence-corrected chi connectivity index (χ1v) is 10.1. The summed E-state index contributed by atoms with van der Waals surface area (Å²) in [6.45, 7) is 6.63. The van der Waals surface area contributed by atoms with Crippen LogP contribution < -0.4 is 5.32 Å². The number of hydrogen-bond acceptors (Lipinski definition) is 5. The molecule has 0 unspecified atom stereocenters. The number of fused-ring (bicyclic) bond motifs is 1. The fraction of sp³-hybridized carbons (Fsp3) is 0.333. The van der Waals surface area contributed by atoms with Crippen LogP contribution in [-0.2, 0) is 0 Å². The number of hydrogen-bond donors (Lipinski definition) is 2. The minimum Gasteiger partial charge on any atom is -0.507 e. The lowest BCUT2D eigenvalue weighted by molar-refractivity contribution is 0.175. The molecule has 1 fully saturated rings. The summed E-state index contributed by atoms with van der Waals surface area (Å²) in [5.74, 6) is 3.44. The number of rotatable bonds is 4. The second-order valence-corrected chi connectivity index (χ2v) is 7.89. The number of nitrogens with one attached hydrogen (secondary N) is 1. The van der Waals surface area contributed by atoms with Crippen molar-refractivity contribution in [1.29, 1.82) is 0 Å². The number of piperidine rings is 1. The summed E-state index contributed by atoms with van der Waals surface area (Å²) in [6.07, 6.45) is 7.73. The van der Waals surface area contributed by atoms with Crippen molar-refractivity contribution in [2.75, 3.05) is 18.4 Å². The smallest absolute Gasteiger partial charge is 0.156 e. The second kappa shape index (κ2) is 8.10. The average Bonchev–Trinajstić information content (AvgIpc) is 2.74. The summed E-state index contributed by atoms with van der Waals surface area (Å²) in [6, 6.07) is 14.1. The molecule has 1 aliphatic rings. The lowest BCUT2D eigenvalue weighted by Crippen LogP contribution is -2.45. The van der Waals surface area contributed by atoms with Crippen LogP contribution in [-0.4, -0.2) is 45.4 Å². The molecule has 2 aromatic carbocycles. The first-order chi connectivity index (χ1) is 14.1. The van der Waals surface area contributed by atoms with Gasteiger partial charge in [-0.1, -0.05) is 30.2 Å². The summed E-state index contributed by atoms with van der Waals surface area (Å²) >= 11 is 0. The number of anilines is 1. The van der Waals surface area contributed by atoms with Gasteiger partial charge in [-0.05, 0) is 51.4 Å². The van der Waals surface area contributed by atoms with Crippen molar-refractivity contribution in [1.82, 2.24) is 15.1 Å². The van der Waals surface area contributed by atoms with Gasteiger partial charge in [0.1, 0.15) is 11.4 Å². The number of aromatic hydroxyl groups is 1. The normalized spacial score (nSPS) is 17.4. The van der Waals surface area contributed by atoms with Crippen LogP contribution in [0.15, 0.2) is 42.5 Å². The minimum atomic E-state index is 0.112. The van der Waals surface area contributed by atoms with E-state index in [-0.39, 0.29) is 5.75 Å². The van der Waals surface area contributed by atoms with Crippen LogP contribution >= 0.6 is 0 Å². The van der Waals surface area contributed by atoms with E-state index >= 15 is 0 Å². The van der Waals surface area contributed by atoms with Gasteiger partial charge in [-0.2, -0.15) is 0 Å². The molecule has 2 heterocycles. The Morgan fingerprint density at radius 1 is 1.17 bits per heavy atom. The van der Waals surface area contributed by atoms with Gasteiger partial charge in [0.25, 0.3) is 0 Å². The molecule has 5 nitrogen and oxygen atoms in total. The highest BCUT2D eigenvalue weighted by atomic mass is 16.3. The van der Waals surface area contributed by atoms with Gasteiger partial charge in [-0.25, -0.2) is 0 Å². The van der Waals surface area contributed by atoms with Gasteiger partial charge < -0.3 is 10.4 Å². The van der Waals surface area contributed by atoms with E-state index in [1.54, 1.807) is 18.2 Å². The van der Waals surface area contributed by atoms with Gasteiger partial charge in [0.2, 0.25) is 0 Å². The Bertz CT molecular complexity index is 1070. The highest BCUT2D eigenvalue weighted by Gasteiger charge is 2.23. The molecule has 2 N–H and O–H groups in total. The summed E-state index contributed by atoms with van der Waals surface area (Å²) < 4.78 is 0. The van der Waals surface area contributed by atoms with Crippen LogP contribution in [0.25, 0.3) is 22.0 Å². The van der Waals surface area contributed by atoms with E-state index in [0.29, 0.717) is 28.9 Å². The lowest BCUT2D eigenvalue weighted by atomic mass is 10.0. The maximum absolute atomic E-state index is 10.5. The molecule has 1 atom stereocenters. The van der Waals surface area contributed by atoms with E-state index in [1.165, 1.54) is 6.42 Å². The van der Waals surface area contributed by atoms with Crippen molar-refractivity contribution in [2.24, 2.45) is 0 Å². The van der Waals surface area contributed by atoms with Gasteiger partial charge in [0.05, 0.1) is 0 Å². The number of benzene rings is 2. The summed E-state index contributed by atoms with van der Waals surface area (Å²) in [4.78, 5) is 2.50. The van der Waals surface area contributed by atoms with Crippen LogP contribution in [0.2, 0.25) is 0 Å². The van der Waals surface area contributed by atoms with Crippen LogP contribution in [0.5, 0.6) is 5.75 Å². The van der Waals surface area contributed by atoms with Crippen molar-refractivity contribution < 1.29 is 5.11 Å². The van der Waals surface area contributed by atoms with E-state index in [1.807, 2.05) is 24.3 Å². The fourth-order valence-corrected chi connectivity index (χ4v) is 4.02. The molecule has 4 rings (SSSR count). The molecule has 0 radical (unpaired) electrons. The van der Waals surface area contributed by atoms with Crippen molar-refractivity contribution in [3.8, 4) is 29.4 Å². The fourth-order valence-electron chi connectivity index (χ4n) is 4.02. The molecule has 1 aliphatic heterocycles. The Morgan fingerprint density at radius 3 is 2.69 bits per heavy atom. The largest absolute Gasteiger partial charge is 0.507 e. The predicted molar refractivity (Wildman–Crippen MR) is 118 cm³/mol. The van der Waals surface area contributed by atoms with Gasteiger partial charge in [0.15, 0.2) is 5.82 Å². The monoisotopic (exact) mass is 386 g/mol. The van der Waals surface area contributed by atoms with E-state index < -0.39 is 0 Å². The molecule has 1 aromatic heterocycles. The van der Waals surface area contributed by atoms with Crippen molar-refractivity contribution in [3.05, 3.63) is 48.0 Å². The van der Waals surface area contributed by atoms with E-state index in [2.05, 4.69) is 40.2 Å². The predicted octanol–water partition coefficient (Wildman–Crippen LogP) is 4.27. The second-order valence-electron chi connectivity index (χ2n) is 7.89. The molecule has 29 heavy (non-hydrogen) atoms. The van der Waals surface area contributed by atoms with Crippen LogP contribution in [0, 0.1) is 12.3 Å². The Labute approximate surface area is 171 Å². The van der Waals surface area contributed by atoms with Gasteiger partial charge in [-0.15, -0.1) is 16.6 Å². The third-order valence-electron chi connectivity index (χ3n) is 5.63. The van der Waals surface area contributed by atoms with Gasteiger partial charge in [-0.3, -0.25) is 4.90 Å². The number of terminal acetylenes is 1. The Kier molecular flexibility index (Phi) is 5.37. The first kappa shape index (κ1) is 19.2. The molecule has 0 saturated carbocycles. The summed E-state index contributed by atoms with van der Waals surface area (Å²) in [7, 11) is 0. The molecule has 0 bridgehead atoms. The number of likely N-dealkylation sites (tertiary alicyclic amines) is 1. The first-order valence-electron chi connectivity index (χ1n) is 10.1. The zero-order valence-electron chi connectivity index (χ0n) is 16.9. The molecule has 0 spiro atoms. The molecule has 5 heteroatoms. The third-order valence-corrected chi connectivity index (χ3v) is 5.63. The number of nitrogens with zero attached hydrogens (tertiary/aromatic N) is 3. The molecule has 3 aromatic rings. The molecule has 0 amide bonds. The molecular formula is C24H26N4O. The Morgan fingerprint density at radius 2 is 1.97 bits per heavy atom. The minimum absolute atomic E-state index is 0.112. The van der Waals surface area contributed by atoms with Crippen LogP contribution in [0.3, 0.4) is 0 Å². The van der Waals surface area contributed by atoms with Crippen molar-refractivity contribution in [3.63, 3.8) is 0 Å². The van der Waals surface area contributed by atoms with Crippen molar-refractivity contribution >= 4 is 16.6 Å². The highest BCUT2D eigenvalue weighted by Crippen LogP contribution is 2.35. The van der Waals surface area contributed by atoms with Gasteiger partial charge in [0, 0.05) is 40.5 Å². The van der Waals surface area contributed by atoms with Crippen LogP contribution in [0.1, 0.15) is 32.3 Å². The lowest BCUT2D eigenvalue weighted by Gasteiger charge is -2.36. The number of phenols is 1. The Balaban J connectivity index is 1.70. The quantitative estimate of drug-likeness (QED) is 0.656. The zero-order chi connectivity index (χ0) is 20.4. The molecule has 0 aliphatic carbocycles. The topological polar surface area (TPSA) is 61.3 Å². The van der Waals surface area contributed by atoms with E-state index in [4.69, 9.17) is 6.42 Å². The van der Waals surface area contributed by atoms with E-state index in [9.17, 15) is 5.11 Å². The van der Waals surface area contributed by atoms with Crippen LogP contribution in [0.4, 0.5) is 5.82 Å². The van der Waals surface area contributed by atoms with Gasteiger partial charge >= 0.3 is 0 Å².